The van der Waals surface area contributed by atoms with Gasteiger partial charge in [-0.15, -0.1) is 0 Å². The van der Waals surface area contributed by atoms with Gasteiger partial charge in [0.25, 0.3) is 5.91 Å². The van der Waals surface area contributed by atoms with Gasteiger partial charge < -0.3 is 9.73 Å². The van der Waals surface area contributed by atoms with E-state index in [0.717, 1.165) is 0 Å². The summed E-state index contributed by atoms with van der Waals surface area (Å²) < 4.78 is 43.8. The summed E-state index contributed by atoms with van der Waals surface area (Å²) in [7, 11) is 0. The Balaban J connectivity index is 2.22. The number of carbonyl (C=O) groups excluding carboxylic acids is 1. The van der Waals surface area contributed by atoms with Crippen LogP contribution in [0.3, 0.4) is 0 Å². The number of furan rings is 1. The largest absolute Gasteiger partial charge is 0.444 e. The van der Waals surface area contributed by atoms with Crippen molar-refractivity contribution in [1.29, 1.82) is 0 Å². The highest BCUT2D eigenvalue weighted by Crippen LogP contribution is 2.19. The number of rotatable bonds is 2. The average molecular weight is 320 g/mol. The van der Waals surface area contributed by atoms with Crippen LogP contribution in [0.5, 0.6) is 0 Å². The van der Waals surface area contributed by atoms with Gasteiger partial charge in [-0.05, 0) is 28.1 Å². The van der Waals surface area contributed by atoms with E-state index >= 15 is 0 Å². The monoisotopic (exact) mass is 319 g/mol. The van der Waals surface area contributed by atoms with Gasteiger partial charge in [-0.2, -0.15) is 0 Å². The van der Waals surface area contributed by atoms with Crippen molar-refractivity contribution in [3.63, 3.8) is 0 Å². The molecule has 0 saturated heterocycles. The molecule has 7 heteroatoms. The summed E-state index contributed by atoms with van der Waals surface area (Å²) in [5.41, 5.74) is -0.205. The second-order valence-electron chi connectivity index (χ2n) is 3.31. The van der Waals surface area contributed by atoms with Crippen molar-refractivity contribution in [2.75, 3.05) is 5.32 Å². The lowest BCUT2D eigenvalue weighted by Crippen LogP contribution is -2.11. The molecule has 2 aromatic rings. The summed E-state index contributed by atoms with van der Waals surface area (Å²) >= 11 is 3.00. The second-order valence-corrected chi connectivity index (χ2v) is 4.09. The minimum Gasteiger partial charge on any atom is -0.444 e. The van der Waals surface area contributed by atoms with Gasteiger partial charge >= 0.3 is 0 Å². The molecule has 0 aliphatic carbocycles. The number of amides is 1. The molecule has 1 heterocycles. The molecule has 0 radical (unpaired) electrons. The fraction of sp³-hybridized carbons (Fsp3) is 0. The van der Waals surface area contributed by atoms with Crippen molar-refractivity contribution >= 4 is 27.5 Å². The number of nitrogens with one attached hydrogen (secondary N) is 1. The Bertz CT molecular complexity index is 589. The number of hydrogen-bond acceptors (Lipinski definition) is 2. The lowest BCUT2D eigenvalue weighted by molar-refractivity contribution is 0.0995. The molecular formula is C11H5BrF3NO2. The van der Waals surface area contributed by atoms with Gasteiger partial charge in [-0.3, -0.25) is 4.79 Å². The molecule has 1 aromatic carbocycles. The van der Waals surface area contributed by atoms with Gasteiger partial charge in [0, 0.05) is 17.8 Å². The Kier molecular flexibility index (Phi) is 3.42. The van der Waals surface area contributed by atoms with Crippen LogP contribution in [0.1, 0.15) is 10.6 Å². The van der Waals surface area contributed by atoms with Gasteiger partial charge in [0.15, 0.2) is 27.9 Å². The smallest absolute Gasteiger partial charge is 0.291 e. The lowest BCUT2D eigenvalue weighted by Gasteiger charge is -2.04. The number of hydrogen-bond donors (Lipinski definition) is 1. The maximum atomic E-state index is 12.9. The van der Waals surface area contributed by atoms with Crippen molar-refractivity contribution in [2.24, 2.45) is 0 Å². The van der Waals surface area contributed by atoms with Gasteiger partial charge in [0.1, 0.15) is 0 Å². The minimum absolute atomic E-state index is 0.0491. The van der Waals surface area contributed by atoms with Crippen LogP contribution in [0.4, 0.5) is 18.9 Å². The fourth-order valence-electron chi connectivity index (χ4n) is 1.26. The predicted molar refractivity (Wildman–Crippen MR) is 60.7 cm³/mol. The van der Waals surface area contributed by atoms with Gasteiger partial charge in [0.05, 0.1) is 0 Å². The molecule has 0 spiro atoms. The first-order valence-electron chi connectivity index (χ1n) is 4.68. The first-order chi connectivity index (χ1) is 8.47. The van der Waals surface area contributed by atoms with Gasteiger partial charge in [0.2, 0.25) is 0 Å². The van der Waals surface area contributed by atoms with E-state index in [2.05, 4.69) is 21.2 Å². The molecule has 0 atom stereocenters. The summed E-state index contributed by atoms with van der Waals surface area (Å²) in [4.78, 5) is 11.6. The number of anilines is 1. The number of benzene rings is 1. The van der Waals surface area contributed by atoms with Crippen LogP contribution in [0.15, 0.2) is 33.4 Å². The Labute approximate surface area is 108 Å². The van der Waals surface area contributed by atoms with Crippen LogP contribution < -0.4 is 5.32 Å². The highest BCUT2D eigenvalue weighted by atomic mass is 79.9. The molecule has 1 aromatic heterocycles. The molecule has 0 saturated carbocycles. The summed E-state index contributed by atoms with van der Waals surface area (Å²) in [6.45, 7) is 0. The third-order valence-electron chi connectivity index (χ3n) is 2.04. The quantitative estimate of drug-likeness (QED) is 0.857. The van der Waals surface area contributed by atoms with Crippen LogP contribution in [0, 0.1) is 17.5 Å². The van der Waals surface area contributed by atoms with E-state index in [1.165, 1.54) is 12.1 Å². The molecule has 2 rings (SSSR count). The number of carbonyl (C=O) groups is 1. The zero-order valence-corrected chi connectivity index (χ0v) is 10.2. The number of halogens is 4. The van der Waals surface area contributed by atoms with Gasteiger partial charge in [-0.1, -0.05) is 0 Å². The first kappa shape index (κ1) is 12.7. The zero-order valence-electron chi connectivity index (χ0n) is 8.64. The lowest BCUT2D eigenvalue weighted by atomic mass is 10.2. The van der Waals surface area contributed by atoms with Crippen molar-refractivity contribution in [1.82, 2.24) is 0 Å². The molecule has 94 valence electrons. The normalized spacial score (nSPS) is 10.4. The standard InChI is InChI=1S/C11H5BrF3NO2/c12-9-2-1-8(18-9)11(17)16-5-3-6(13)10(15)7(14)4-5/h1-4H,(H,16,17). The van der Waals surface area contributed by atoms with Crippen LogP contribution >= 0.6 is 15.9 Å². The van der Waals surface area contributed by atoms with Crippen LogP contribution in [0.2, 0.25) is 0 Å². The first-order valence-corrected chi connectivity index (χ1v) is 5.48. The molecular weight excluding hydrogens is 315 g/mol. The van der Waals surface area contributed by atoms with E-state index in [1.54, 1.807) is 0 Å². The van der Waals surface area contributed by atoms with E-state index in [1.807, 2.05) is 0 Å². The summed E-state index contributed by atoms with van der Waals surface area (Å²) in [6, 6.07) is 4.21. The maximum absolute atomic E-state index is 12.9. The molecule has 0 fully saturated rings. The Hall–Kier alpha value is -1.76. The molecule has 0 aliphatic heterocycles. The van der Waals surface area contributed by atoms with E-state index in [4.69, 9.17) is 4.42 Å². The van der Waals surface area contributed by atoms with Crippen LogP contribution in [0.25, 0.3) is 0 Å². The molecule has 0 aliphatic rings. The van der Waals surface area contributed by atoms with Gasteiger partial charge in [-0.25, -0.2) is 13.2 Å². The van der Waals surface area contributed by atoms with Crippen LogP contribution in [-0.2, 0) is 0 Å². The topological polar surface area (TPSA) is 42.2 Å². The van der Waals surface area contributed by atoms with Crippen molar-refractivity contribution in [3.05, 3.63) is 52.1 Å². The third-order valence-corrected chi connectivity index (χ3v) is 2.46. The van der Waals surface area contributed by atoms with E-state index in [0.29, 0.717) is 16.8 Å². The maximum Gasteiger partial charge on any atom is 0.291 e. The predicted octanol–water partition coefficient (Wildman–Crippen LogP) is 3.71. The average Bonchev–Trinajstić information content (AvgIpc) is 2.72. The molecule has 0 bridgehead atoms. The van der Waals surface area contributed by atoms with Crippen molar-refractivity contribution in [3.8, 4) is 0 Å². The summed E-state index contributed by atoms with van der Waals surface area (Å²) in [5, 5.41) is 2.18. The molecule has 18 heavy (non-hydrogen) atoms. The SMILES string of the molecule is O=C(Nc1cc(F)c(F)c(F)c1)c1ccc(Br)o1. The van der Waals surface area contributed by atoms with E-state index in [-0.39, 0.29) is 11.4 Å². The Morgan fingerprint density at radius 1 is 1.17 bits per heavy atom. The molecule has 1 amide bonds. The summed E-state index contributed by atoms with van der Waals surface area (Å²) in [5.74, 6) is -5.11. The highest BCUT2D eigenvalue weighted by molar-refractivity contribution is 9.10. The van der Waals surface area contributed by atoms with E-state index < -0.39 is 23.4 Å². The third kappa shape index (κ3) is 2.56. The fourth-order valence-corrected chi connectivity index (χ4v) is 1.56. The van der Waals surface area contributed by atoms with Crippen LogP contribution in [-0.4, -0.2) is 5.91 Å². The molecule has 1 N–H and O–H groups in total. The summed E-state index contributed by atoms with van der Waals surface area (Å²) in [6.07, 6.45) is 0. The second kappa shape index (κ2) is 4.85. The van der Waals surface area contributed by atoms with E-state index in [9.17, 15) is 18.0 Å². The van der Waals surface area contributed by atoms with Crippen molar-refractivity contribution in [2.45, 2.75) is 0 Å². The molecule has 0 unspecified atom stereocenters. The Morgan fingerprint density at radius 3 is 2.28 bits per heavy atom. The zero-order chi connectivity index (χ0) is 13.3. The Morgan fingerprint density at radius 2 is 1.78 bits per heavy atom. The minimum atomic E-state index is -1.59. The van der Waals surface area contributed by atoms with Crippen molar-refractivity contribution < 1.29 is 22.4 Å². The molecule has 3 nitrogen and oxygen atoms in total. The highest BCUT2D eigenvalue weighted by Gasteiger charge is 2.14.